The van der Waals surface area contributed by atoms with Crippen LogP contribution in [-0.2, 0) is 0 Å². The summed E-state index contributed by atoms with van der Waals surface area (Å²) in [6.45, 7) is 2.35. The molecule has 0 spiro atoms. The second-order valence-electron chi connectivity index (χ2n) is 4.74. The summed E-state index contributed by atoms with van der Waals surface area (Å²) >= 11 is 0. The number of rotatable bonds is 3. The van der Waals surface area contributed by atoms with Crippen LogP contribution in [0.25, 0.3) is 0 Å². The number of methoxy groups -OCH3 is 1. The molecule has 0 radical (unpaired) electrons. The zero-order valence-corrected chi connectivity index (χ0v) is 10.2. The maximum atomic E-state index is 5.15. The van der Waals surface area contributed by atoms with Crippen molar-refractivity contribution in [2.24, 2.45) is 5.92 Å². The minimum absolute atomic E-state index is 0.641. The number of ether oxygens (including phenoxy) is 1. The molecule has 0 bridgehead atoms. The van der Waals surface area contributed by atoms with Gasteiger partial charge in [0, 0.05) is 11.7 Å². The SMILES string of the molecule is COc1ccc(NC2CCCCC2C)cc1. The Morgan fingerprint density at radius 3 is 2.44 bits per heavy atom. The van der Waals surface area contributed by atoms with Crippen LogP contribution < -0.4 is 10.1 Å². The zero-order valence-electron chi connectivity index (χ0n) is 10.2. The van der Waals surface area contributed by atoms with Crippen molar-refractivity contribution in [2.75, 3.05) is 12.4 Å². The van der Waals surface area contributed by atoms with Crippen LogP contribution in [-0.4, -0.2) is 13.2 Å². The fourth-order valence-corrected chi connectivity index (χ4v) is 2.43. The van der Waals surface area contributed by atoms with Crippen LogP contribution in [0, 0.1) is 5.92 Å². The predicted octanol–water partition coefficient (Wildman–Crippen LogP) is 3.69. The van der Waals surface area contributed by atoms with Crippen molar-refractivity contribution < 1.29 is 4.74 Å². The zero-order chi connectivity index (χ0) is 11.4. The van der Waals surface area contributed by atoms with Crippen LogP contribution in [0.5, 0.6) is 5.75 Å². The highest BCUT2D eigenvalue weighted by Crippen LogP contribution is 2.27. The third-order valence-corrected chi connectivity index (χ3v) is 3.55. The Hall–Kier alpha value is -1.18. The van der Waals surface area contributed by atoms with E-state index in [2.05, 4.69) is 24.4 Å². The summed E-state index contributed by atoms with van der Waals surface area (Å²) in [5, 5.41) is 3.63. The Morgan fingerprint density at radius 2 is 1.81 bits per heavy atom. The molecule has 1 fully saturated rings. The number of benzene rings is 1. The fourth-order valence-electron chi connectivity index (χ4n) is 2.43. The lowest BCUT2D eigenvalue weighted by molar-refractivity contribution is 0.349. The molecule has 2 rings (SSSR count). The van der Waals surface area contributed by atoms with E-state index in [1.165, 1.54) is 31.4 Å². The highest BCUT2D eigenvalue weighted by atomic mass is 16.5. The molecule has 2 heteroatoms. The molecule has 16 heavy (non-hydrogen) atoms. The maximum absolute atomic E-state index is 5.15. The summed E-state index contributed by atoms with van der Waals surface area (Å²) in [4.78, 5) is 0. The minimum atomic E-state index is 0.641. The lowest BCUT2D eigenvalue weighted by atomic mass is 9.86. The molecule has 0 aliphatic heterocycles. The number of anilines is 1. The molecule has 0 heterocycles. The van der Waals surface area contributed by atoms with Crippen molar-refractivity contribution in [3.8, 4) is 5.75 Å². The first-order chi connectivity index (χ1) is 7.79. The Balaban J connectivity index is 1.96. The van der Waals surface area contributed by atoms with Gasteiger partial charge in [0.05, 0.1) is 7.11 Å². The van der Waals surface area contributed by atoms with Gasteiger partial charge in [-0.3, -0.25) is 0 Å². The van der Waals surface area contributed by atoms with Crippen molar-refractivity contribution in [1.29, 1.82) is 0 Å². The highest BCUT2D eigenvalue weighted by Gasteiger charge is 2.20. The lowest BCUT2D eigenvalue weighted by Crippen LogP contribution is -2.30. The van der Waals surface area contributed by atoms with Gasteiger partial charge in [0.2, 0.25) is 0 Å². The molecule has 1 aliphatic rings. The van der Waals surface area contributed by atoms with Crippen molar-refractivity contribution in [3.05, 3.63) is 24.3 Å². The Bertz CT molecular complexity index is 320. The fraction of sp³-hybridized carbons (Fsp3) is 0.571. The van der Waals surface area contributed by atoms with Gasteiger partial charge < -0.3 is 10.1 Å². The van der Waals surface area contributed by atoms with Gasteiger partial charge in [-0.25, -0.2) is 0 Å². The third-order valence-electron chi connectivity index (χ3n) is 3.55. The van der Waals surface area contributed by atoms with Crippen LogP contribution in [0.2, 0.25) is 0 Å². The molecular formula is C14H21NO. The molecule has 2 unspecified atom stereocenters. The van der Waals surface area contributed by atoms with Gasteiger partial charge in [-0.15, -0.1) is 0 Å². The average Bonchev–Trinajstić information content (AvgIpc) is 2.33. The summed E-state index contributed by atoms with van der Waals surface area (Å²) in [6, 6.07) is 8.86. The first-order valence-electron chi connectivity index (χ1n) is 6.20. The topological polar surface area (TPSA) is 21.3 Å². The largest absolute Gasteiger partial charge is 0.497 e. The van der Waals surface area contributed by atoms with Crippen LogP contribution in [0.3, 0.4) is 0 Å². The van der Waals surface area contributed by atoms with Gasteiger partial charge >= 0.3 is 0 Å². The van der Waals surface area contributed by atoms with E-state index >= 15 is 0 Å². The summed E-state index contributed by atoms with van der Waals surface area (Å²) in [7, 11) is 1.70. The van der Waals surface area contributed by atoms with Gasteiger partial charge in [-0.05, 0) is 43.0 Å². The quantitative estimate of drug-likeness (QED) is 0.837. The van der Waals surface area contributed by atoms with Crippen molar-refractivity contribution >= 4 is 5.69 Å². The van der Waals surface area contributed by atoms with E-state index in [0.717, 1.165) is 11.7 Å². The van der Waals surface area contributed by atoms with Gasteiger partial charge in [0.15, 0.2) is 0 Å². The van der Waals surface area contributed by atoms with E-state index in [1.807, 2.05) is 12.1 Å². The second-order valence-corrected chi connectivity index (χ2v) is 4.74. The first kappa shape index (κ1) is 11.3. The molecule has 1 aromatic carbocycles. The predicted molar refractivity (Wildman–Crippen MR) is 68.0 cm³/mol. The standard InChI is InChI=1S/C14H21NO/c1-11-5-3-4-6-14(11)15-12-7-9-13(16-2)10-8-12/h7-11,14-15H,3-6H2,1-2H3. The molecule has 2 nitrogen and oxygen atoms in total. The molecule has 1 saturated carbocycles. The number of nitrogens with one attached hydrogen (secondary N) is 1. The highest BCUT2D eigenvalue weighted by molar-refractivity contribution is 5.47. The Morgan fingerprint density at radius 1 is 1.12 bits per heavy atom. The lowest BCUT2D eigenvalue weighted by Gasteiger charge is -2.30. The van der Waals surface area contributed by atoms with E-state index in [1.54, 1.807) is 7.11 Å². The normalized spacial score (nSPS) is 25.1. The van der Waals surface area contributed by atoms with Crippen LogP contribution in [0.1, 0.15) is 32.6 Å². The minimum Gasteiger partial charge on any atom is -0.497 e. The molecule has 88 valence electrons. The van der Waals surface area contributed by atoms with Gasteiger partial charge in [-0.2, -0.15) is 0 Å². The summed E-state index contributed by atoms with van der Waals surface area (Å²) in [6.07, 6.45) is 5.40. The number of hydrogen-bond acceptors (Lipinski definition) is 2. The van der Waals surface area contributed by atoms with E-state index in [0.29, 0.717) is 6.04 Å². The second kappa shape index (κ2) is 5.24. The van der Waals surface area contributed by atoms with Crippen molar-refractivity contribution in [3.63, 3.8) is 0 Å². The molecule has 0 saturated heterocycles. The summed E-state index contributed by atoms with van der Waals surface area (Å²) in [5.74, 6) is 1.71. The van der Waals surface area contributed by atoms with E-state index in [-0.39, 0.29) is 0 Å². The van der Waals surface area contributed by atoms with E-state index < -0.39 is 0 Å². The van der Waals surface area contributed by atoms with Crippen molar-refractivity contribution in [1.82, 2.24) is 0 Å². The molecule has 0 aromatic heterocycles. The number of hydrogen-bond donors (Lipinski definition) is 1. The molecular weight excluding hydrogens is 198 g/mol. The molecule has 2 atom stereocenters. The first-order valence-corrected chi connectivity index (χ1v) is 6.20. The third kappa shape index (κ3) is 2.69. The van der Waals surface area contributed by atoms with E-state index in [4.69, 9.17) is 4.74 Å². The average molecular weight is 219 g/mol. The Kier molecular flexibility index (Phi) is 3.70. The smallest absolute Gasteiger partial charge is 0.119 e. The molecule has 1 N–H and O–H groups in total. The van der Waals surface area contributed by atoms with Gasteiger partial charge in [0.25, 0.3) is 0 Å². The van der Waals surface area contributed by atoms with E-state index in [9.17, 15) is 0 Å². The molecule has 1 aromatic rings. The monoisotopic (exact) mass is 219 g/mol. The van der Waals surface area contributed by atoms with Crippen LogP contribution >= 0.6 is 0 Å². The molecule has 1 aliphatic carbocycles. The van der Waals surface area contributed by atoms with Gasteiger partial charge in [0.1, 0.15) is 5.75 Å². The van der Waals surface area contributed by atoms with Gasteiger partial charge in [-0.1, -0.05) is 19.8 Å². The molecule has 0 amide bonds. The summed E-state index contributed by atoms with van der Waals surface area (Å²) in [5.41, 5.74) is 1.21. The van der Waals surface area contributed by atoms with Crippen molar-refractivity contribution in [2.45, 2.75) is 38.6 Å². The maximum Gasteiger partial charge on any atom is 0.119 e. The van der Waals surface area contributed by atoms with Crippen LogP contribution in [0.4, 0.5) is 5.69 Å². The van der Waals surface area contributed by atoms with Crippen LogP contribution in [0.15, 0.2) is 24.3 Å². The Labute approximate surface area is 98.0 Å². The summed E-state index contributed by atoms with van der Waals surface area (Å²) < 4.78 is 5.15.